The maximum absolute atomic E-state index is 13.8. The number of carbonyl (C=O) groups excluding carboxylic acids is 1. The Morgan fingerprint density at radius 3 is 2.55 bits per heavy atom. The first-order valence-corrected chi connectivity index (χ1v) is 11.9. The van der Waals surface area contributed by atoms with Crippen LogP contribution in [0.1, 0.15) is 59.6 Å². The van der Waals surface area contributed by atoms with Crippen LogP contribution >= 0.6 is 0 Å². The van der Waals surface area contributed by atoms with Gasteiger partial charge in [-0.1, -0.05) is 67.8 Å². The number of methoxy groups -OCH3 is 1. The standard InChI is InChI=1S/C29H28N2O2/c1-33-21-13-9-10-19(18-21)27-26(24-16-7-8-17-25(24)30-27)28-22-14-5-6-15-23(22)29(32)31(28)20-11-3-2-4-12-20/h5-10,13-18,20,28,30H,2-4,11-12H2,1H3/t28-/m1/s1. The molecule has 1 N–H and O–H groups in total. The van der Waals surface area contributed by atoms with E-state index >= 15 is 0 Å². The highest BCUT2D eigenvalue weighted by Gasteiger charge is 2.43. The first kappa shape index (κ1) is 20.1. The van der Waals surface area contributed by atoms with Crippen LogP contribution in [0, 0.1) is 0 Å². The molecular weight excluding hydrogens is 408 g/mol. The fourth-order valence-electron chi connectivity index (χ4n) is 5.82. The van der Waals surface area contributed by atoms with Gasteiger partial charge in [0.25, 0.3) is 5.91 Å². The third-order valence-corrected chi connectivity index (χ3v) is 7.34. The SMILES string of the molecule is COc1cccc(-c2[nH]c3ccccc3c2[C@H]2c3ccccc3C(=O)N2C2CCCCC2)c1. The molecule has 3 aromatic carbocycles. The Labute approximate surface area is 194 Å². The highest BCUT2D eigenvalue weighted by atomic mass is 16.5. The van der Waals surface area contributed by atoms with Crippen molar-refractivity contribution in [2.45, 2.75) is 44.2 Å². The number of para-hydroxylation sites is 1. The smallest absolute Gasteiger partial charge is 0.255 e. The Balaban J connectivity index is 1.61. The summed E-state index contributed by atoms with van der Waals surface area (Å²) in [6, 6.07) is 25.0. The van der Waals surface area contributed by atoms with Gasteiger partial charge < -0.3 is 14.6 Å². The molecule has 1 aliphatic carbocycles. The average molecular weight is 437 g/mol. The maximum Gasteiger partial charge on any atom is 0.255 e. The van der Waals surface area contributed by atoms with Crippen molar-refractivity contribution in [1.82, 2.24) is 9.88 Å². The normalized spacial score (nSPS) is 18.6. The predicted molar refractivity (Wildman–Crippen MR) is 132 cm³/mol. The van der Waals surface area contributed by atoms with Crippen LogP contribution in [0.25, 0.3) is 22.2 Å². The van der Waals surface area contributed by atoms with E-state index in [0.717, 1.165) is 46.5 Å². The van der Waals surface area contributed by atoms with Gasteiger partial charge in [0.05, 0.1) is 18.8 Å². The molecule has 1 saturated carbocycles. The highest BCUT2D eigenvalue weighted by molar-refractivity contribution is 6.02. The van der Waals surface area contributed by atoms with E-state index in [1.165, 1.54) is 30.2 Å². The zero-order chi connectivity index (χ0) is 22.4. The predicted octanol–water partition coefficient (Wildman–Crippen LogP) is 6.72. The molecule has 4 aromatic rings. The Morgan fingerprint density at radius 2 is 1.70 bits per heavy atom. The zero-order valence-electron chi connectivity index (χ0n) is 18.9. The number of H-pyrrole nitrogens is 1. The van der Waals surface area contributed by atoms with Crippen LogP contribution in [0.2, 0.25) is 0 Å². The third-order valence-electron chi connectivity index (χ3n) is 7.34. The zero-order valence-corrected chi connectivity index (χ0v) is 18.9. The first-order chi connectivity index (χ1) is 16.3. The van der Waals surface area contributed by atoms with Crippen LogP contribution in [0.5, 0.6) is 5.75 Å². The first-order valence-electron chi connectivity index (χ1n) is 11.9. The summed E-state index contributed by atoms with van der Waals surface area (Å²) in [4.78, 5) is 19.7. The van der Waals surface area contributed by atoms with Gasteiger partial charge in [0.1, 0.15) is 5.75 Å². The van der Waals surface area contributed by atoms with E-state index in [-0.39, 0.29) is 18.0 Å². The minimum absolute atomic E-state index is 0.103. The van der Waals surface area contributed by atoms with Gasteiger partial charge >= 0.3 is 0 Å². The van der Waals surface area contributed by atoms with E-state index in [4.69, 9.17) is 4.74 Å². The molecule has 1 atom stereocenters. The molecule has 1 aromatic heterocycles. The fourth-order valence-corrected chi connectivity index (χ4v) is 5.82. The molecule has 1 aliphatic heterocycles. The summed E-state index contributed by atoms with van der Waals surface area (Å²) in [7, 11) is 1.70. The molecule has 6 rings (SSSR count). The largest absolute Gasteiger partial charge is 0.497 e. The number of fused-ring (bicyclic) bond motifs is 2. The molecule has 2 heterocycles. The van der Waals surface area contributed by atoms with Gasteiger partial charge in [0.15, 0.2) is 0 Å². The number of ether oxygens (including phenoxy) is 1. The Hall–Kier alpha value is -3.53. The lowest BCUT2D eigenvalue weighted by molar-refractivity contribution is 0.0614. The maximum atomic E-state index is 13.8. The van der Waals surface area contributed by atoms with Gasteiger partial charge in [-0.05, 0) is 42.7 Å². The van der Waals surface area contributed by atoms with E-state index in [1.54, 1.807) is 7.11 Å². The summed E-state index contributed by atoms with van der Waals surface area (Å²) in [5.41, 5.74) is 6.36. The molecule has 2 aliphatic rings. The van der Waals surface area contributed by atoms with Crippen LogP contribution in [-0.4, -0.2) is 28.9 Å². The molecule has 166 valence electrons. The van der Waals surface area contributed by atoms with Gasteiger partial charge in [-0.2, -0.15) is 0 Å². The monoisotopic (exact) mass is 436 g/mol. The van der Waals surface area contributed by atoms with Crippen molar-refractivity contribution in [3.05, 3.63) is 89.5 Å². The second kappa shape index (κ2) is 8.11. The molecule has 4 heteroatoms. The number of carbonyl (C=O) groups is 1. The number of nitrogens with one attached hydrogen (secondary N) is 1. The van der Waals surface area contributed by atoms with Crippen molar-refractivity contribution < 1.29 is 9.53 Å². The molecule has 1 amide bonds. The van der Waals surface area contributed by atoms with Crippen molar-refractivity contribution in [2.24, 2.45) is 0 Å². The minimum Gasteiger partial charge on any atom is -0.497 e. The van der Waals surface area contributed by atoms with Gasteiger partial charge in [-0.3, -0.25) is 4.79 Å². The van der Waals surface area contributed by atoms with Gasteiger partial charge in [0.2, 0.25) is 0 Å². The summed E-state index contributed by atoms with van der Waals surface area (Å²) >= 11 is 0. The average Bonchev–Trinajstić information content (AvgIpc) is 3.40. The van der Waals surface area contributed by atoms with Gasteiger partial charge in [-0.25, -0.2) is 0 Å². The van der Waals surface area contributed by atoms with E-state index in [9.17, 15) is 4.79 Å². The van der Waals surface area contributed by atoms with Crippen molar-refractivity contribution in [2.75, 3.05) is 7.11 Å². The number of benzene rings is 3. The topological polar surface area (TPSA) is 45.3 Å². The molecule has 4 nitrogen and oxygen atoms in total. The lowest BCUT2D eigenvalue weighted by atomic mass is 9.89. The number of amides is 1. The van der Waals surface area contributed by atoms with E-state index in [1.807, 2.05) is 24.3 Å². The van der Waals surface area contributed by atoms with E-state index in [2.05, 4.69) is 58.4 Å². The van der Waals surface area contributed by atoms with Crippen LogP contribution in [-0.2, 0) is 0 Å². The molecule has 0 unspecified atom stereocenters. The molecular formula is C29H28N2O2. The molecule has 0 saturated heterocycles. The quantitative estimate of drug-likeness (QED) is 0.386. The molecule has 0 radical (unpaired) electrons. The summed E-state index contributed by atoms with van der Waals surface area (Å²) in [5, 5.41) is 1.17. The number of hydrogen-bond acceptors (Lipinski definition) is 2. The van der Waals surface area contributed by atoms with Crippen molar-refractivity contribution in [3.63, 3.8) is 0 Å². The summed E-state index contributed by atoms with van der Waals surface area (Å²) in [5.74, 6) is 0.994. The lowest BCUT2D eigenvalue weighted by Crippen LogP contribution is -2.40. The number of nitrogens with zero attached hydrogens (tertiary/aromatic N) is 1. The molecule has 0 bridgehead atoms. The van der Waals surface area contributed by atoms with Crippen molar-refractivity contribution in [3.8, 4) is 17.0 Å². The van der Waals surface area contributed by atoms with E-state index < -0.39 is 0 Å². The summed E-state index contributed by atoms with van der Waals surface area (Å²) in [6.07, 6.45) is 5.79. The van der Waals surface area contributed by atoms with Crippen LogP contribution in [0.4, 0.5) is 0 Å². The minimum atomic E-state index is -0.103. The molecule has 33 heavy (non-hydrogen) atoms. The highest BCUT2D eigenvalue weighted by Crippen LogP contribution is 2.47. The Morgan fingerprint density at radius 1 is 0.909 bits per heavy atom. The van der Waals surface area contributed by atoms with Gasteiger partial charge in [-0.15, -0.1) is 0 Å². The third kappa shape index (κ3) is 3.24. The van der Waals surface area contributed by atoms with Crippen LogP contribution < -0.4 is 4.74 Å². The van der Waals surface area contributed by atoms with Crippen molar-refractivity contribution >= 4 is 16.8 Å². The second-order valence-corrected chi connectivity index (χ2v) is 9.19. The number of hydrogen-bond donors (Lipinski definition) is 1. The van der Waals surface area contributed by atoms with E-state index in [0.29, 0.717) is 0 Å². The van der Waals surface area contributed by atoms with Crippen molar-refractivity contribution in [1.29, 1.82) is 0 Å². The summed E-state index contributed by atoms with van der Waals surface area (Å²) < 4.78 is 5.53. The second-order valence-electron chi connectivity index (χ2n) is 9.19. The summed E-state index contributed by atoms with van der Waals surface area (Å²) in [6.45, 7) is 0. The van der Waals surface area contributed by atoms with Gasteiger partial charge in [0, 0.05) is 33.6 Å². The molecule has 1 fully saturated rings. The van der Waals surface area contributed by atoms with Crippen LogP contribution in [0.3, 0.4) is 0 Å². The number of aromatic amines is 1. The van der Waals surface area contributed by atoms with Crippen LogP contribution in [0.15, 0.2) is 72.8 Å². The number of aromatic nitrogens is 1. The lowest BCUT2D eigenvalue weighted by Gasteiger charge is -2.36. The number of rotatable bonds is 4. The Kier molecular flexibility index (Phi) is 4.94. The molecule has 0 spiro atoms. The Bertz CT molecular complexity index is 1330. The fraction of sp³-hybridized carbons (Fsp3) is 0.276.